The predicted molar refractivity (Wildman–Crippen MR) is 62.9 cm³/mol. The second kappa shape index (κ2) is 5.22. The van der Waals surface area contributed by atoms with Crippen LogP contribution in [0, 0.1) is 17.0 Å². The van der Waals surface area contributed by atoms with Crippen molar-refractivity contribution in [2.24, 2.45) is 5.84 Å². The van der Waals surface area contributed by atoms with Gasteiger partial charge in [-0.15, -0.1) is 0 Å². The summed E-state index contributed by atoms with van der Waals surface area (Å²) >= 11 is 0. The van der Waals surface area contributed by atoms with Crippen molar-refractivity contribution in [1.29, 1.82) is 0 Å². The summed E-state index contributed by atoms with van der Waals surface area (Å²) in [6.07, 6.45) is 1.05. The van der Waals surface area contributed by atoms with E-state index in [2.05, 4.69) is 30.9 Å². The van der Waals surface area contributed by atoms with Crippen molar-refractivity contribution >= 4 is 17.5 Å². The molecule has 11 nitrogen and oxygen atoms in total. The fourth-order valence-electron chi connectivity index (χ4n) is 1.28. The highest BCUT2D eigenvalue weighted by Gasteiger charge is 2.17. The lowest BCUT2D eigenvalue weighted by Gasteiger charge is -2.05. The molecule has 0 unspecified atom stereocenters. The zero-order valence-electron chi connectivity index (χ0n) is 9.82. The van der Waals surface area contributed by atoms with Gasteiger partial charge in [-0.2, -0.15) is 9.97 Å². The quantitative estimate of drug-likeness (QED) is 0.381. The van der Waals surface area contributed by atoms with Gasteiger partial charge in [0.25, 0.3) is 0 Å². The Kier molecular flexibility index (Phi) is 3.47. The summed E-state index contributed by atoms with van der Waals surface area (Å²) in [5, 5.41) is 17.1. The number of aromatic nitrogens is 4. The highest BCUT2D eigenvalue weighted by Crippen LogP contribution is 2.22. The molecule has 0 aliphatic rings. The third-order valence-corrected chi connectivity index (χ3v) is 2.07. The van der Waals surface area contributed by atoms with Gasteiger partial charge in [0.2, 0.25) is 17.7 Å². The third kappa shape index (κ3) is 2.90. The first-order valence-electron chi connectivity index (χ1n) is 5.11. The van der Waals surface area contributed by atoms with Crippen LogP contribution < -0.4 is 16.6 Å². The van der Waals surface area contributed by atoms with E-state index in [0.717, 1.165) is 6.20 Å². The van der Waals surface area contributed by atoms with Gasteiger partial charge >= 0.3 is 5.69 Å². The zero-order chi connectivity index (χ0) is 13.8. The smallest absolute Gasteiger partial charge is 0.329 e. The normalized spacial score (nSPS) is 10.2. The molecule has 100 valence electrons. The van der Waals surface area contributed by atoms with Crippen molar-refractivity contribution in [2.45, 2.75) is 13.5 Å². The molecule has 0 fully saturated rings. The maximum absolute atomic E-state index is 10.8. The molecular formula is C8H10N8O3. The van der Waals surface area contributed by atoms with Crippen LogP contribution in [0.25, 0.3) is 0 Å². The van der Waals surface area contributed by atoms with Gasteiger partial charge in [0, 0.05) is 0 Å². The number of nitro groups is 1. The minimum absolute atomic E-state index is 0.00352. The Morgan fingerprint density at radius 3 is 2.89 bits per heavy atom. The van der Waals surface area contributed by atoms with Crippen molar-refractivity contribution in [1.82, 2.24) is 20.1 Å². The van der Waals surface area contributed by atoms with Crippen LogP contribution in [0.15, 0.2) is 10.7 Å². The molecule has 0 saturated carbocycles. The van der Waals surface area contributed by atoms with Crippen LogP contribution in [-0.4, -0.2) is 25.0 Å². The highest BCUT2D eigenvalue weighted by atomic mass is 16.6. The Bertz CT molecular complexity index is 597. The fraction of sp³-hybridized carbons (Fsp3) is 0.250. The number of hydrogen-bond acceptors (Lipinski definition) is 10. The molecule has 2 aromatic heterocycles. The summed E-state index contributed by atoms with van der Waals surface area (Å²) in [4.78, 5) is 21.7. The number of nitrogen functional groups attached to an aromatic ring is 1. The number of nitrogens with one attached hydrogen (secondary N) is 2. The lowest BCUT2D eigenvalue weighted by Crippen LogP contribution is -2.13. The summed E-state index contributed by atoms with van der Waals surface area (Å²) in [5.74, 6) is 5.95. The van der Waals surface area contributed by atoms with Crippen LogP contribution >= 0.6 is 0 Å². The number of nitrogens with two attached hydrogens (primary N) is 1. The molecule has 0 aliphatic carbocycles. The second-order valence-electron chi connectivity index (χ2n) is 3.42. The van der Waals surface area contributed by atoms with Gasteiger partial charge < -0.3 is 9.84 Å². The van der Waals surface area contributed by atoms with Gasteiger partial charge in [0.05, 0.1) is 11.5 Å². The van der Waals surface area contributed by atoms with Crippen molar-refractivity contribution < 1.29 is 9.45 Å². The first-order chi connectivity index (χ1) is 9.10. The van der Waals surface area contributed by atoms with Gasteiger partial charge in [-0.3, -0.25) is 15.5 Å². The minimum Gasteiger partial charge on any atom is -0.355 e. The molecule has 4 N–H and O–H groups in total. The van der Waals surface area contributed by atoms with Crippen molar-refractivity contribution in [3.05, 3.63) is 28.0 Å². The molecule has 2 aromatic rings. The number of nitrogens with zero attached hydrogens (tertiary/aromatic N) is 5. The molecule has 19 heavy (non-hydrogen) atoms. The van der Waals surface area contributed by atoms with Crippen molar-refractivity contribution in [2.75, 3.05) is 10.7 Å². The van der Waals surface area contributed by atoms with Gasteiger partial charge in [0.1, 0.15) is 6.20 Å². The summed E-state index contributed by atoms with van der Waals surface area (Å²) < 4.78 is 4.87. The zero-order valence-corrected chi connectivity index (χ0v) is 9.82. The predicted octanol–water partition coefficient (Wildman–Crippen LogP) is -0.0261. The Balaban J connectivity index is 2.19. The standard InChI is InChI=1S/C8H10N8O3/c1-4-12-6(19-15-4)3-10-7-5(16(17)18)2-11-8(13-7)14-9/h2H,3,9H2,1H3,(H2,10,11,13,14). The third-order valence-electron chi connectivity index (χ3n) is 2.07. The molecule has 11 heteroatoms. The summed E-state index contributed by atoms with van der Waals surface area (Å²) in [6, 6.07) is 0. The van der Waals surface area contributed by atoms with Crippen LogP contribution in [0.5, 0.6) is 0 Å². The molecule has 0 atom stereocenters. The molecule has 0 radical (unpaired) electrons. The molecule has 0 aliphatic heterocycles. The summed E-state index contributed by atoms with van der Waals surface area (Å²) in [6.45, 7) is 1.76. The molecule has 0 spiro atoms. The average Bonchev–Trinajstić information content (AvgIpc) is 2.81. The lowest BCUT2D eigenvalue weighted by atomic mass is 10.4. The molecule has 0 aromatic carbocycles. The topological polar surface area (TPSA) is 158 Å². The summed E-state index contributed by atoms with van der Waals surface area (Å²) in [5.41, 5.74) is 1.92. The van der Waals surface area contributed by atoms with Gasteiger partial charge in [0.15, 0.2) is 5.82 Å². The van der Waals surface area contributed by atoms with E-state index in [-0.39, 0.29) is 29.9 Å². The lowest BCUT2D eigenvalue weighted by molar-refractivity contribution is -0.384. The van der Waals surface area contributed by atoms with Crippen LogP contribution in [0.3, 0.4) is 0 Å². The number of hydrazine groups is 1. The Morgan fingerprint density at radius 2 is 2.32 bits per heavy atom. The Morgan fingerprint density at radius 1 is 1.53 bits per heavy atom. The average molecular weight is 266 g/mol. The SMILES string of the molecule is Cc1noc(CNc2nc(NN)ncc2[N+](=O)[O-])n1. The monoisotopic (exact) mass is 266 g/mol. The van der Waals surface area contributed by atoms with E-state index in [1.807, 2.05) is 0 Å². The maximum atomic E-state index is 10.8. The fourth-order valence-corrected chi connectivity index (χ4v) is 1.28. The van der Waals surface area contributed by atoms with Crippen LogP contribution in [0.1, 0.15) is 11.7 Å². The summed E-state index contributed by atoms with van der Waals surface area (Å²) in [7, 11) is 0. The molecule has 2 heterocycles. The first kappa shape index (κ1) is 12.6. The Hall–Kier alpha value is -2.82. The number of anilines is 2. The van der Waals surface area contributed by atoms with Crippen molar-refractivity contribution in [3.63, 3.8) is 0 Å². The van der Waals surface area contributed by atoms with Crippen LogP contribution in [0.2, 0.25) is 0 Å². The second-order valence-corrected chi connectivity index (χ2v) is 3.42. The largest absolute Gasteiger partial charge is 0.355 e. The van der Waals surface area contributed by atoms with E-state index < -0.39 is 4.92 Å². The van der Waals surface area contributed by atoms with Crippen molar-refractivity contribution in [3.8, 4) is 0 Å². The van der Waals surface area contributed by atoms with E-state index in [9.17, 15) is 10.1 Å². The van der Waals surface area contributed by atoms with E-state index in [1.165, 1.54) is 0 Å². The van der Waals surface area contributed by atoms with Gasteiger partial charge in [-0.05, 0) is 6.92 Å². The van der Waals surface area contributed by atoms with Crippen LogP contribution in [-0.2, 0) is 6.54 Å². The minimum atomic E-state index is -0.609. The Labute approximate surface area is 106 Å². The number of rotatable bonds is 5. The van der Waals surface area contributed by atoms with Crippen LogP contribution in [0.4, 0.5) is 17.5 Å². The van der Waals surface area contributed by atoms with E-state index in [4.69, 9.17) is 10.4 Å². The molecule has 0 saturated heterocycles. The number of hydrogen-bond donors (Lipinski definition) is 3. The van der Waals surface area contributed by atoms with E-state index in [1.54, 1.807) is 6.92 Å². The highest BCUT2D eigenvalue weighted by molar-refractivity contribution is 5.56. The molecule has 0 amide bonds. The van der Waals surface area contributed by atoms with E-state index in [0.29, 0.717) is 5.82 Å². The maximum Gasteiger partial charge on any atom is 0.329 e. The first-order valence-corrected chi connectivity index (χ1v) is 5.11. The van der Waals surface area contributed by atoms with Gasteiger partial charge in [-0.1, -0.05) is 5.16 Å². The molecule has 2 rings (SSSR count). The van der Waals surface area contributed by atoms with Gasteiger partial charge in [-0.25, -0.2) is 10.8 Å². The molecule has 0 bridgehead atoms. The number of aryl methyl sites for hydroxylation is 1. The molecular weight excluding hydrogens is 256 g/mol. The van der Waals surface area contributed by atoms with E-state index >= 15 is 0 Å².